The number of allylic oxidation sites excluding steroid dienone is 1. The number of ether oxygens (including phenoxy) is 1. The van der Waals surface area contributed by atoms with Gasteiger partial charge in [-0.25, -0.2) is 10.4 Å². The summed E-state index contributed by atoms with van der Waals surface area (Å²) in [4.78, 5) is 18.2. The molecule has 1 aromatic heterocycles. The lowest BCUT2D eigenvalue weighted by atomic mass is 10.1. The fraction of sp³-hybridized carbons (Fsp3) is 0.286. The number of nitrogens with zero attached hydrogens (tertiary/aromatic N) is 4. The van der Waals surface area contributed by atoms with Gasteiger partial charge in [0.2, 0.25) is 0 Å². The number of nitrogens with one attached hydrogen (secondary N) is 2. The number of hydrogen-bond acceptors (Lipinski definition) is 7. The van der Waals surface area contributed by atoms with Crippen LogP contribution >= 0.6 is 11.8 Å². The molecule has 0 aliphatic carbocycles. The van der Waals surface area contributed by atoms with Crippen molar-refractivity contribution in [2.45, 2.75) is 24.9 Å². The minimum Gasteiger partial charge on any atom is -0.434 e. The van der Waals surface area contributed by atoms with Gasteiger partial charge in [-0.2, -0.15) is 13.9 Å². The molecule has 4 rings (SSSR count). The quantitative estimate of drug-likeness (QED) is 0.584. The van der Waals surface area contributed by atoms with E-state index in [4.69, 9.17) is 4.74 Å². The average Bonchev–Trinajstić information content (AvgIpc) is 3.36. The van der Waals surface area contributed by atoms with Gasteiger partial charge >= 0.3 is 6.61 Å². The number of aromatic nitrogens is 2. The van der Waals surface area contributed by atoms with Crippen LogP contribution in [0.15, 0.2) is 58.0 Å². The van der Waals surface area contributed by atoms with E-state index in [1.54, 1.807) is 60.6 Å². The van der Waals surface area contributed by atoms with Gasteiger partial charge in [0.15, 0.2) is 5.82 Å². The molecule has 1 aromatic carbocycles. The summed E-state index contributed by atoms with van der Waals surface area (Å²) in [7, 11) is 1.69. The molecular weight excluding hydrogens is 438 g/mol. The van der Waals surface area contributed by atoms with Gasteiger partial charge in [0, 0.05) is 42.7 Å². The lowest BCUT2D eigenvalue weighted by Gasteiger charge is -2.15. The molecule has 0 saturated heterocycles. The molecule has 11 heteroatoms. The highest BCUT2D eigenvalue weighted by molar-refractivity contribution is 7.99. The van der Waals surface area contributed by atoms with Crippen molar-refractivity contribution in [1.29, 1.82) is 0 Å². The molecule has 0 spiro atoms. The zero-order chi connectivity index (χ0) is 22.7. The van der Waals surface area contributed by atoms with Crippen LogP contribution in [0.1, 0.15) is 13.3 Å². The normalized spacial score (nSPS) is 15.0. The number of rotatable bonds is 8. The van der Waals surface area contributed by atoms with E-state index in [0.717, 1.165) is 17.1 Å². The Labute approximate surface area is 188 Å². The zero-order valence-electron chi connectivity index (χ0n) is 17.5. The summed E-state index contributed by atoms with van der Waals surface area (Å²) in [5.74, 6) is 1.03. The van der Waals surface area contributed by atoms with Crippen molar-refractivity contribution in [3.05, 3.63) is 48.1 Å². The van der Waals surface area contributed by atoms with Gasteiger partial charge < -0.3 is 10.1 Å². The number of aryl methyl sites for hydroxylation is 1. The maximum Gasteiger partial charge on any atom is 0.387 e. The third kappa shape index (κ3) is 4.68. The second kappa shape index (κ2) is 9.53. The van der Waals surface area contributed by atoms with Crippen LogP contribution in [0.2, 0.25) is 0 Å². The van der Waals surface area contributed by atoms with E-state index < -0.39 is 6.61 Å². The molecule has 0 unspecified atom stereocenters. The number of carbonyl (C=O) groups is 1. The second-order valence-electron chi connectivity index (χ2n) is 7.03. The molecule has 2 aliphatic heterocycles. The summed E-state index contributed by atoms with van der Waals surface area (Å²) in [5, 5.41) is 8.94. The predicted molar refractivity (Wildman–Crippen MR) is 119 cm³/mol. The predicted octanol–water partition coefficient (Wildman–Crippen LogP) is 3.76. The van der Waals surface area contributed by atoms with E-state index in [2.05, 4.69) is 27.8 Å². The largest absolute Gasteiger partial charge is 0.434 e. The number of halogens is 2. The van der Waals surface area contributed by atoms with Crippen molar-refractivity contribution in [3.8, 4) is 17.0 Å². The standard InChI is InChI=1S/C21H22F2N6O2S/c1-3-9-32-13-5-6-17(31-21(22)23)14(10-13)18-16(12-28(2)27-18)26-20(30)15-11-25-29-8-4-7-24-19(15)29/h4-8,10,12,21,25H,3,9,11H2,1-2H3,(H,26,30). The van der Waals surface area contributed by atoms with Crippen LogP contribution < -0.4 is 15.5 Å². The third-order valence-electron chi connectivity index (χ3n) is 4.69. The first kappa shape index (κ1) is 22.0. The number of amides is 1. The molecule has 0 atom stereocenters. The van der Waals surface area contributed by atoms with Crippen molar-refractivity contribution in [2.75, 3.05) is 17.6 Å². The Balaban J connectivity index is 1.68. The molecule has 168 valence electrons. The van der Waals surface area contributed by atoms with E-state index in [1.807, 2.05) is 0 Å². The minimum absolute atomic E-state index is 0.00667. The summed E-state index contributed by atoms with van der Waals surface area (Å²) in [6.45, 7) is -0.610. The molecule has 8 nitrogen and oxygen atoms in total. The van der Waals surface area contributed by atoms with Crippen molar-refractivity contribution >= 4 is 29.6 Å². The van der Waals surface area contributed by atoms with Crippen LogP contribution in [0.5, 0.6) is 5.75 Å². The molecule has 3 heterocycles. The molecule has 0 radical (unpaired) electrons. The van der Waals surface area contributed by atoms with Crippen LogP contribution in [-0.4, -0.2) is 45.8 Å². The highest BCUT2D eigenvalue weighted by atomic mass is 32.2. The van der Waals surface area contributed by atoms with Crippen LogP contribution in [0, 0.1) is 0 Å². The molecular formula is C21H22F2N6O2S. The smallest absolute Gasteiger partial charge is 0.387 e. The second-order valence-corrected chi connectivity index (χ2v) is 8.20. The number of anilines is 1. The maximum atomic E-state index is 13.0. The number of hydrogen-bond donors (Lipinski definition) is 2. The Morgan fingerprint density at radius 3 is 3.03 bits per heavy atom. The number of benzene rings is 1. The zero-order valence-corrected chi connectivity index (χ0v) is 18.3. The van der Waals surface area contributed by atoms with Gasteiger partial charge in [0.25, 0.3) is 5.91 Å². The maximum absolute atomic E-state index is 13.0. The molecule has 1 amide bonds. The number of aliphatic imine (C=N–C) groups is 1. The van der Waals surface area contributed by atoms with Gasteiger partial charge in [0.1, 0.15) is 11.4 Å². The highest BCUT2D eigenvalue weighted by Gasteiger charge is 2.28. The summed E-state index contributed by atoms with van der Waals surface area (Å²) >= 11 is 1.61. The molecule has 2 N–H and O–H groups in total. The Morgan fingerprint density at radius 2 is 2.25 bits per heavy atom. The van der Waals surface area contributed by atoms with E-state index in [9.17, 15) is 13.6 Å². The minimum atomic E-state index is -2.98. The van der Waals surface area contributed by atoms with E-state index in [1.165, 1.54) is 10.7 Å². The van der Waals surface area contributed by atoms with Gasteiger partial charge in [0.05, 0.1) is 11.3 Å². The lowest BCUT2D eigenvalue weighted by Crippen LogP contribution is -2.27. The SMILES string of the molecule is CCCSc1ccc(OC(F)F)c(-c2nn(C)cc2NC(=O)C2=C3N=CC=CN3NC2)c1. The molecule has 0 bridgehead atoms. The Morgan fingerprint density at radius 1 is 1.41 bits per heavy atom. The third-order valence-corrected chi connectivity index (χ3v) is 5.89. The summed E-state index contributed by atoms with van der Waals surface area (Å²) in [5.41, 5.74) is 4.62. The Bertz CT molecular complexity index is 1110. The Hall–Kier alpha value is -3.18. The van der Waals surface area contributed by atoms with Gasteiger partial charge in [-0.05, 0) is 36.4 Å². The summed E-state index contributed by atoms with van der Waals surface area (Å²) in [6.07, 6.45) is 7.73. The molecule has 0 saturated carbocycles. The first-order valence-electron chi connectivity index (χ1n) is 10.00. The lowest BCUT2D eigenvalue weighted by molar-refractivity contribution is -0.112. The number of alkyl halides is 2. The van der Waals surface area contributed by atoms with E-state index >= 15 is 0 Å². The van der Waals surface area contributed by atoms with Crippen LogP contribution in [-0.2, 0) is 11.8 Å². The topological polar surface area (TPSA) is 83.8 Å². The first-order chi connectivity index (χ1) is 15.5. The number of thioether (sulfide) groups is 1. The van der Waals surface area contributed by atoms with Gasteiger partial charge in [-0.3, -0.25) is 14.5 Å². The van der Waals surface area contributed by atoms with Crippen molar-refractivity contribution in [1.82, 2.24) is 20.2 Å². The number of hydrazine groups is 1. The van der Waals surface area contributed by atoms with E-state index in [-0.39, 0.29) is 11.7 Å². The molecule has 32 heavy (non-hydrogen) atoms. The number of fused-ring (bicyclic) bond motifs is 1. The van der Waals surface area contributed by atoms with Crippen LogP contribution in [0.4, 0.5) is 14.5 Å². The first-order valence-corrected chi connectivity index (χ1v) is 11.0. The molecule has 2 aromatic rings. The van der Waals surface area contributed by atoms with Crippen LogP contribution in [0.25, 0.3) is 11.3 Å². The highest BCUT2D eigenvalue weighted by Crippen LogP contribution is 2.38. The summed E-state index contributed by atoms with van der Waals surface area (Å²) < 4.78 is 32.3. The van der Waals surface area contributed by atoms with Crippen molar-refractivity contribution in [3.63, 3.8) is 0 Å². The molecule has 0 fully saturated rings. The monoisotopic (exact) mass is 460 g/mol. The average molecular weight is 461 g/mol. The van der Waals surface area contributed by atoms with Crippen LogP contribution in [0.3, 0.4) is 0 Å². The van der Waals surface area contributed by atoms with Crippen molar-refractivity contribution in [2.24, 2.45) is 12.0 Å². The fourth-order valence-electron chi connectivity index (χ4n) is 3.33. The fourth-order valence-corrected chi connectivity index (χ4v) is 4.13. The summed E-state index contributed by atoms with van der Waals surface area (Å²) in [6, 6.07) is 5.00. The van der Waals surface area contributed by atoms with E-state index in [0.29, 0.717) is 34.9 Å². The van der Waals surface area contributed by atoms with Gasteiger partial charge in [-0.15, -0.1) is 11.8 Å². The Kier molecular flexibility index (Phi) is 6.56. The van der Waals surface area contributed by atoms with Gasteiger partial charge in [-0.1, -0.05) is 6.92 Å². The number of carbonyl (C=O) groups excluding carboxylic acids is 1. The molecule has 2 aliphatic rings. The van der Waals surface area contributed by atoms with Crippen molar-refractivity contribution < 1.29 is 18.3 Å².